The topological polar surface area (TPSA) is 47.3 Å². The van der Waals surface area contributed by atoms with E-state index in [0.29, 0.717) is 6.61 Å². The highest BCUT2D eigenvalue weighted by atomic mass is 16.5. The van der Waals surface area contributed by atoms with Crippen LogP contribution in [0, 0.1) is 6.92 Å². The van der Waals surface area contributed by atoms with Crippen LogP contribution in [0.5, 0.6) is 5.75 Å². The molecule has 0 saturated heterocycles. The number of aryl methyl sites for hydroxylation is 1. The molecule has 0 amide bonds. The van der Waals surface area contributed by atoms with Crippen molar-refractivity contribution in [2.24, 2.45) is 0 Å². The molecule has 0 aliphatic heterocycles. The smallest absolute Gasteiger partial charge is 0.137 e. The van der Waals surface area contributed by atoms with Crippen molar-refractivity contribution >= 4 is 0 Å². The molecule has 0 atom stereocenters. The molecule has 2 aromatic rings. The second-order valence-corrected chi connectivity index (χ2v) is 3.79. The first-order valence-electron chi connectivity index (χ1n) is 5.62. The lowest BCUT2D eigenvalue weighted by Crippen LogP contribution is -2.20. The number of aromatic nitrogens is 1. The van der Waals surface area contributed by atoms with Gasteiger partial charge in [-0.2, -0.15) is 0 Å². The van der Waals surface area contributed by atoms with Crippen LogP contribution in [0.4, 0.5) is 0 Å². The Morgan fingerprint density at radius 2 is 2.29 bits per heavy atom. The summed E-state index contributed by atoms with van der Waals surface area (Å²) in [5, 5.41) is 3.26. The monoisotopic (exact) mass is 232 g/mol. The Hall–Kier alpha value is -1.81. The number of pyridine rings is 1. The summed E-state index contributed by atoms with van der Waals surface area (Å²) >= 11 is 0. The molecule has 4 heteroatoms. The summed E-state index contributed by atoms with van der Waals surface area (Å²) in [5.74, 6) is 0.806. The minimum absolute atomic E-state index is 0.628. The van der Waals surface area contributed by atoms with Gasteiger partial charge in [-0.3, -0.25) is 4.98 Å². The number of nitrogens with zero attached hydrogens (tertiary/aromatic N) is 1. The zero-order valence-electron chi connectivity index (χ0n) is 9.85. The third-order valence-electron chi connectivity index (χ3n) is 2.34. The van der Waals surface area contributed by atoms with Gasteiger partial charge in [-0.1, -0.05) is 0 Å². The van der Waals surface area contributed by atoms with Crippen LogP contribution in [0.15, 0.2) is 41.3 Å². The number of rotatable bonds is 6. The number of furan rings is 1. The molecule has 0 fully saturated rings. The number of nitrogens with one attached hydrogen (secondary N) is 1. The Bertz CT molecular complexity index is 423. The van der Waals surface area contributed by atoms with E-state index in [4.69, 9.17) is 9.15 Å². The van der Waals surface area contributed by atoms with Crippen molar-refractivity contribution in [3.8, 4) is 5.75 Å². The Labute approximate surface area is 101 Å². The molecule has 2 rings (SSSR count). The first-order valence-corrected chi connectivity index (χ1v) is 5.62. The van der Waals surface area contributed by atoms with Gasteiger partial charge in [-0.25, -0.2) is 0 Å². The lowest BCUT2D eigenvalue weighted by Gasteiger charge is -2.06. The molecule has 0 aliphatic carbocycles. The summed E-state index contributed by atoms with van der Waals surface area (Å²) in [6, 6.07) is 5.81. The van der Waals surface area contributed by atoms with Crippen molar-refractivity contribution in [2.75, 3.05) is 13.2 Å². The van der Waals surface area contributed by atoms with Crippen LogP contribution in [-0.4, -0.2) is 18.1 Å². The molecule has 0 bridgehead atoms. The average Bonchev–Trinajstić information content (AvgIpc) is 2.84. The third kappa shape index (κ3) is 3.92. The van der Waals surface area contributed by atoms with Crippen LogP contribution < -0.4 is 10.1 Å². The normalized spacial score (nSPS) is 10.4. The average molecular weight is 232 g/mol. The molecule has 0 saturated carbocycles. The van der Waals surface area contributed by atoms with Crippen molar-refractivity contribution in [2.45, 2.75) is 13.5 Å². The predicted molar refractivity (Wildman–Crippen MR) is 64.9 cm³/mol. The molecule has 0 unspecified atom stereocenters. The van der Waals surface area contributed by atoms with Gasteiger partial charge in [0.25, 0.3) is 0 Å². The van der Waals surface area contributed by atoms with E-state index in [9.17, 15) is 0 Å². The standard InChI is InChI=1S/C13H16N2O2/c1-11-2-3-13(9-15-11)17-7-5-14-8-12-4-6-16-10-12/h2-4,6,9-10,14H,5,7-8H2,1H3. The van der Waals surface area contributed by atoms with Gasteiger partial charge >= 0.3 is 0 Å². The zero-order valence-corrected chi connectivity index (χ0v) is 9.85. The maximum atomic E-state index is 5.53. The largest absolute Gasteiger partial charge is 0.491 e. The van der Waals surface area contributed by atoms with Crippen molar-refractivity contribution < 1.29 is 9.15 Å². The van der Waals surface area contributed by atoms with Gasteiger partial charge < -0.3 is 14.5 Å². The molecule has 0 aliphatic rings. The Balaban J connectivity index is 1.61. The van der Waals surface area contributed by atoms with Crippen LogP contribution in [0.1, 0.15) is 11.3 Å². The molecular formula is C13H16N2O2. The van der Waals surface area contributed by atoms with Crippen LogP contribution >= 0.6 is 0 Å². The van der Waals surface area contributed by atoms with Gasteiger partial charge in [0.2, 0.25) is 0 Å². The molecule has 90 valence electrons. The first kappa shape index (κ1) is 11.7. The first-order chi connectivity index (χ1) is 8.34. The quantitative estimate of drug-likeness (QED) is 0.775. The highest BCUT2D eigenvalue weighted by Crippen LogP contribution is 2.07. The van der Waals surface area contributed by atoms with E-state index in [2.05, 4.69) is 10.3 Å². The highest BCUT2D eigenvalue weighted by molar-refractivity contribution is 5.18. The predicted octanol–water partition coefficient (Wildman–Crippen LogP) is 2.15. The van der Waals surface area contributed by atoms with Crippen molar-refractivity contribution in [1.82, 2.24) is 10.3 Å². The van der Waals surface area contributed by atoms with Gasteiger partial charge in [0.15, 0.2) is 0 Å². The van der Waals surface area contributed by atoms with Gasteiger partial charge in [-0.05, 0) is 25.1 Å². The summed E-state index contributed by atoms with van der Waals surface area (Å²) in [6.45, 7) is 4.17. The number of hydrogen-bond donors (Lipinski definition) is 1. The number of ether oxygens (including phenoxy) is 1. The summed E-state index contributed by atoms with van der Waals surface area (Å²) in [4.78, 5) is 4.16. The second kappa shape index (κ2) is 6.06. The maximum Gasteiger partial charge on any atom is 0.137 e. The summed E-state index contributed by atoms with van der Waals surface area (Å²) in [6.07, 6.45) is 5.15. The minimum Gasteiger partial charge on any atom is -0.491 e. The molecule has 2 heterocycles. The van der Waals surface area contributed by atoms with Gasteiger partial charge in [-0.15, -0.1) is 0 Å². The van der Waals surface area contributed by atoms with Gasteiger partial charge in [0, 0.05) is 24.3 Å². The van der Waals surface area contributed by atoms with E-state index < -0.39 is 0 Å². The molecule has 0 aromatic carbocycles. The summed E-state index contributed by atoms with van der Waals surface area (Å²) in [7, 11) is 0. The van der Waals surface area contributed by atoms with Crippen LogP contribution in [0.25, 0.3) is 0 Å². The number of hydrogen-bond acceptors (Lipinski definition) is 4. The van der Waals surface area contributed by atoms with Crippen molar-refractivity contribution in [3.63, 3.8) is 0 Å². The molecule has 1 N–H and O–H groups in total. The second-order valence-electron chi connectivity index (χ2n) is 3.79. The van der Waals surface area contributed by atoms with E-state index in [1.54, 1.807) is 18.7 Å². The van der Waals surface area contributed by atoms with E-state index in [1.165, 1.54) is 0 Å². The SMILES string of the molecule is Cc1ccc(OCCNCc2ccoc2)cn1. The molecule has 2 aromatic heterocycles. The summed E-state index contributed by atoms with van der Waals surface area (Å²) < 4.78 is 10.5. The lowest BCUT2D eigenvalue weighted by molar-refractivity contribution is 0.312. The van der Waals surface area contributed by atoms with E-state index in [1.807, 2.05) is 25.1 Å². The van der Waals surface area contributed by atoms with Crippen molar-refractivity contribution in [3.05, 3.63) is 48.2 Å². The molecule has 17 heavy (non-hydrogen) atoms. The molecule has 0 spiro atoms. The fourth-order valence-corrected chi connectivity index (χ4v) is 1.41. The Morgan fingerprint density at radius 3 is 3.00 bits per heavy atom. The minimum atomic E-state index is 0.628. The molecule has 0 radical (unpaired) electrons. The van der Waals surface area contributed by atoms with Crippen molar-refractivity contribution in [1.29, 1.82) is 0 Å². The van der Waals surface area contributed by atoms with Gasteiger partial charge in [0.1, 0.15) is 12.4 Å². The van der Waals surface area contributed by atoms with Crippen LogP contribution in [-0.2, 0) is 6.54 Å². The molecule has 4 nitrogen and oxygen atoms in total. The summed E-state index contributed by atoms with van der Waals surface area (Å²) in [5.41, 5.74) is 2.14. The molecular weight excluding hydrogens is 216 g/mol. The highest BCUT2D eigenvalue weighted by Gasteiger charge is 1.95. The third-order valence-corrected chi connectivity index (χ3v) is 2.34. The fourth-order valence-electron chi connectivity index (χ4n) is 1.41. The van der Waals surface area contributed by atoms with Crippen LogP contribution in [0.2, 0.25) is 0 Å². The fraction of sp³-hybridized carbons (Fsp3) is 0.308. The Morgan fingerprint density at radius 1 is 1.35 bits per heavy atom. The van der Waals surface area contributed by atoms with Gasteiger partial charge in [0.05, 0.1) is 18.7 Å². The maximum absolute atomic E-state index is 5.53. The van der Waals surface area contributed by atoms with E-state index in [-0.39, 0.29) is 0 Å². The van der Waals surface area contributed by atoms with E-state index >= 15 is 0 Å². The Kier molecular flexibility index (Phi) is 4.16. The van der Waals surface area contributed by atoms with Crippen LogP contribution in [0.3, 0.4) is 0 Å². The van der Waals surface area contributed by atoms with E-state index in [0.717, 1.165) is 30.1 Å². The lowest BCUT2D eigenvalue weighted by atomic mass is 10.3. The zero-order chi connectivity index (χ0) is 11.9.